The molecule has 3 amide bonds. The molecule has 3 aromatic carbocycles. The van der Waals surface area contributed by atoms with Crippen LogP contribution in [0.4, 0.5) is 5.69 Å². The van der Waals surface area contributed by atoms with Crippen molar-refractivity contribution in [2.45, 2.75) is 52.6 Å². The molecule has 0 spiro atoms. The Balaban J connectivity index is 0.00000191. The minimum absolute atomic E-state index is 0.212. The molecule has 9 heteroatoms. The van der Waals surface area contributed by atoms with E-state index < -0.39 is 18.0 Å². The van der Waals surface area contributed by atoms with E-state index in [0.717, 1.165) is 16.3 Å². The first-order valence-corrected chi connectivity index (χ1v) is 14.0. The highest BCUT2D eigenvalue weighted by Crippen LogP contribution is 2.19. The van der Waals surface area contributed by atoms with Gasteiger partial charge in [0.05, 0.1) is 12.5 Å². The lowest BCUT2D eigenvalue weighted by molar-refractivity contribution is -0.134. The predicted molar refractivity (Wildman–Crippen MR) is 165 cm³/mol. The lowest BCUT2D eigenvalue weighted by Gasteiger charge is -2.24. The van der Waals surface area contributed by atoms with Gasteiger partial charge in [0.1, 0.15) is 6.04 Å². The lowest BCUT2D eigenvalue weighted by Crippen LogP contribution is -2.52. The fourth-order valence-corrected chi connectivity index (χ4v) is 3.92. The van der Waals surface area contributed by atoms with Crippen molar-refractivity contribution in [3.8, 4) is 0 Å². The molecule has 0 saturated heterocycles. The Morgan fingerprint density at radius 3 is 1.95 bits per heavy atom. The summed E-state index contributed by atoms with van der Waals surface area (Å²) in [5.41, 5.74) is 18.7. The van der Waals surface area contributed by atoms with Gasteiger partial charge < -0.3 is 32.7 Å². The first-order chi connectivity index (χ1) is 19.4. The summed E-state index contributed by atoms with van der Waals surface area (Å²) in [5.74, 6) is -1.28. The normalized spacial score (nSPS) is 11.6. The summed E-state index contributed by atoms with van der Waals surface area (Å²) in [5, 5.41) is 7.67. The average molecular weight is 551 g/mol. The van der Waals surface area contributed by atoms with E-state index in [-0.39, 0.29) is 37.7 Å². The molecular formula is C31H46N6O3. The zero-order valence-electron chi connectivity index (χ0n) is 24.2. The maximum atomic E-state index is 13.2. The number of nitrogens with one attached hydrogen (secondary N) is 2. The number of hydrogen-bond donors (Lipinski definition) is 5. The summed E-state index contributed by atoms with van der Waals surface area (Å²) in [6.45, 7) is 9.22. The molecular weight excluding hydrogens is 504 g/mol. The third-order valence-corrected chi connectivity index (χ3v) is 5.81. The van der Waals surface area contributed by atoms with Gasteiger partial charge in [-0.1, -0.05) is 88.4 Å². The quantitative estimate of drug-likeness (QED) is 0.233. The fraction of sp³-hybridized carbons (Fsp3) is 0.387. The number of nitrogens with two attached hydrogens (primary N) is 3. The van der Waals surface area contributed by atoms with Crippen LogP contribution < -0.4 is 27.8 Å². The fourth-order valence-electron chi connectivity index (χ4n) is 3.92. The number of hydrogen-bond acceptors (Lipinski definition) is 6. The third-order valence-electron chi connectivity index (χ3n) is 5.81. The van der Waals surface area contributed by atoms with Gasteiger partial charge >= 0.3 is 0 Å². The van der Waals surface area contributed by atoms with E-state index in [1.165, 1.54) is 4.90 Å². The molecule has 9 nitrogen and oxygen atoms in total. The molecule has 218 valence electrons. The molecule has 3 rings (SSSR count). The molecule has 0 fully saturated rings. The second kappa shape index (κ2) is 19.3. The predicted octanol–water partition coefficient (Wildman–Crippen LogP) is 3.02. The van der Waals surface area contributed by atoms with Crippen molar-refractivity contribution in [1.29, 1.82) is 0 Å². The number of anilines is 1. The summed E-state index contributed by atoms with van der Waals surface area (Å²) in [4.78, 5) is 40.2. The first kappa shape index (κ1) is 34.2. The highest BCUT2D eigenvalue weighted by atomic mass is 16.2. The van der Waals surface area contributed by atoms with Gasteiger partial charge in [0, 0.05) is 38.3 Å². The highest BCUT2D eigenvalue weighted by molar-refractivity contribution is 6.00. The highest BCUT2D eigenvalue weighted by Gasteiger charge is 2.27. The third kappa shape index (κ3) is 11.1. The largest absolute Gasteiger partial charge is 0.343 e. The molecule has 0 bridgehead atoms. The van der Waals surface area contributed by atoms with Gasteiger partial charge in [0.15, 0.2) is 0 Å². The van der Waals surface area contributed by atoms with Gasteiger partial charge in [-0.2, -0.15) is 0 Å². The molecule has 0 aliphatic carbocycles. The van der Waals surface area contributed by atoms with E-state index >= 15 is 0 Å². The van der Waals surface area contributed by atoms with E-state index in [1.54, 1.807) is 0 Å². The Morgan fingerprint density at radius 2 is 1.35 bits per heavy atom. The molecule has 0 aliphatic heterocycles. The lowest BCUT2D eigenvalue weighted by atomic mass is 10.0. The molecule has 2 unspecified atom stereocenters. The SMILES string of the molecule is CC.CC.NCCN(CCN)C(=O)CC(N)C(=O)NC(Cc1ccccc1)C(=O)Nc1ccc2ccccc2c1. The molecule has 0 aromatic heterocycles. The Labute approximate surface area is 238 Å². The minimum atomic E-state index is -1.12. The molecule has 0 saturated carbocycles. The molecule has 3 aromatic rings. The van der Waals surface area contributed by atoms with Crippen molar-refractivity contribution in [3.63, 3.8) is 0 Å². The molecule has 0 radical (unpaired) electrons. The number of benzene rings is 3. The monoisotopic (exact) mass is 550 g/mol. The van der Waals surface area contributed by atoms with E-state index in [0.29, 0.717) is 18.8 Å². The van der Waals surface area contributed by atoms with Gasteiger partial charge in [-0.15, -0.1) is 0 Å². The molecule has 8 N–H and O–H groups in total. The van der Waals surface area contributed by atoms with Crippen molar-refractivity contribution in [3.05, 3.63) is 78.4 Å². The number of fused-ring (bicyclic) bond motifs is 1. The van der Waals surface area contributed by atoms with Crippen molar-refractivity contribution >= 4 is 34.2 Å². The van der Waals surface area contributed by atoms with Crippen LogP contribution in [0.1, 0.15) is 39.7 Å². The number of carbonyl (C=O) groups excluding carboxylic acids is 3. The summed E-state index contributed by atoms with van der Waals surface area (Å²) in [7, 11) is 0. The van der Waals surface area contributed by atoms with Crippen molar-refractivity contribution < 1.29 is 14.4 Å². The maximum absolute atomic E-state index is 13.2. The Kier molecular flexibility index (Phi) is 16.5. The number of nitrogens with zero attached hydrogens (tertiary/aromatic N) is 1. The topological polar surface area (TPSA) is 157 Å². The number of carbonyl (C=O) groups is 3. The summed E-state index contributed by atoms with van der Waals surface area (Å²) >= 11 is 0. The molecule has 2 atom stereocenters. The van der Waals surface area contributed by atoms with Crippen LogP contribution in [-0.2, 0) is 20.8 Å². The van der Waals surface area contributed by atoms with Crippen molar-refractivity contribution in [1.82, 2.24) is 10.2 Å². The second-order valence-electron chi connectivity index (χ2n) is 8.57. The van der Waals surface area contributed by atoms with Crippen LogP contribution in [0.3, 0.4) is 0 Å². The van der Waals surface area contributed by atoms with E-state index in [4.69, 9.17) is 17.2 Å². The Hall–Kier alpha value is -3.79. The Bertz CT molecular complexity index is 1170. The molecule has 0 aliphatic rings. The van der Waals surface area contributed by atoms with Gasteiger partial charge in [-0.05, 0) is 28.5 Å². The van der Waals surface area contributed by atoms with E-state index in [9.17, 15) is 14.4 Å². The smallest absolute Gasteiger partial charge is 0.247 e. The maximum Gasteiger partial charge on any atom is 0.247 e. The summed E-state index contributed by atoms with van der Waals surface area (Å²) < 4.78 is 0. The summed E-state index contributed by atoms with van der Waals surface area (Å²) in [6, 6.07) is 20.8. The standard InChI is InChI=1S/C27H34N6O3.2C2H6/c28-12-14-33(15-13-29)25(34)18-23(30)26(35)32-24(16-19-6-2-1-3-7-19)27(36)31-22-11-10-20-8-4-5-9-21(20)17-22;2*1-2/h1-11,17,23-24H,12-16,18,28-30H2,(H,31,36)(H,32,35);2*1-2H3. The van der Waals surface area contributed by atoms with Crippen LogP contribution in [0.15, 0.2) is 72.8 Å². The van der Waals surface area contributed by atoms with Crippen molar-refractivity contribution in [2.24, 2.45) is 17.2 Å². The first-order valence-electron chi connectivity index (χ1n) is 14.0. The van der Waals surface area contributed by atoms with Gasteiger partial charge in [0.25, 0.3) is 0 Å². The van der Waals surface area contributed by atoms with Crippen LogP contribution in [0.2, 0.25) is 0 Å². The van der Waals surface area contributed by atoms with Crippen LogP contribution in [0.5, 0.6) is 0 Å². The van der Waals surface area contributed by atoms with Crippen LogP contribution in [-0.4, -0.2) is 60.9 Å². The zero-order valence-corrected chi connectivity index (χ0v) is 24.2. The van der Waals surface area contributed by atoms with Crippen LogP contribution in [0, 0.1) is 0 Å². The number of rotatable bonds is 12. The average Bonchev–Trinajstić information content (AvgIpc) is 2.99. The van der Waals surface area contributed by atoms with Gasteiger partial charge in [0.2, 0.25) is 17.7 Å². The molecule has 40 heavy (non-hydrogen) atoms. The Morgan fingerprint density at radius 1 is 0.775 bits per heavy atom. The van der Waals surface area contributed by atoms with Crippen LogP contribution >= 0.6 is 0 Å². The van der Waals surface area contributed by atoms with Gasteiger partial charge in [-0.25, -0.2) is 0 Å². The number of amides is 3. The second-order valence-corrected chi connectivity index (χ2v) is 8.57. The zero-order chi connectivity index (χ0) is 29.9. The van der Waals surface area contributed by atoms with Gasteiger partial charge in [-0.3, -0.25) is 14.4 Å². The van der Waals surface area contributed by atoms with Crippen molar-refractivity contribution in [2.75, 3.05) is 31.5 Å². The molecule has 0 heterocycles. The van der Waals surface area contributed by atoms with Crippen LogP contribution in [0.25, 0.3) is 10.8 Å². The minimum Gasteiger partial charge on any atom is -0.343 e. The summed E-state index contributed by atoms with van der Waals surface area (Å²) in [6.07, 6.45) is 0.0509. The van der Waals surface area contributed by atoms with E-state index in [1.807, 2.05) is 100 Å². The van der Waals surface area contributed by atoms with E-state index in [2.05, 4.69) is 10.6 Å².